The minimum atomic E-state index is -3.98. The summed E-state index contributed by atoms with van der Waals surface area (Å²) in [5.41, 5.74) is -0.120. The monoisotopic (exact) mass is 357 g/mol. The van der Waals surface area contributed by atoms with Crippen molar-refractivity contribution in [2.45, 2.75) is 19.8 Å². The van der Waals surface area contributed by atoms with Gasteiger partial charge in [-0.05, 0) is 30.9 Å². The molecule has 0 saturated carbocycles. The van der Waals surface area contributed by atoms with Gasteiger partial charge in [0.25, 0.3) is 0 Å². The van der Waals surface area contributed by atoms with E-state index in [4.69, 9.17) is 0 Å². The van der Waals surface area contributed by atoms with Crippen LogP contribution in [0.1, 0.15) is 19.8 Å². The minimum absolute atomic E-state index is 0.120. The SMILES string of the molecule is CC1CCN(C(=O)CN(c2ccccc2F)S(=O)(=O)N(C)C)CC1. The van der Waals surface area contributed by atoms with Crippen molar-refractivity contribution in [1.29, 1.82) is 0 Å². The van der Waals surface area contributed by atoms with E-state index < -0.39 is 22.6 Å². The Kier molecular flexibility index (Phi) is 5.82. The zero-order chi connectivity index (χ0) is 17.9. The summed E-state index contributed by atoms with van der Waals surface area (Å²) < 4.78 is 41.1. The van der Waals surface area contributed by atoms with E-state index in [1.807, 2.05) is 0 Å². The smallest absolute Gasteiger partial charge is 0.304 e. The summed E-state index contributed by atoms with van der Waals surface area (Å²) in [6.45, 7) is 2.93. The van der Waals surface area contributed by atoms with Crippen LogP contribution in [0.15, 0.2) is 24.3 Å². The Bertz CT molecular complexity index is 686. The number of carbonyl (C=O) groups is 1. The predicted octanol–water partition coefficient (Wildman–Crippen LogP) is 1.70. The van der Waals surface area contributed by atoms with Crippen LogP contribution in [0.4, 0.5) is 10.1 Å². The van der Waals surface area contributed by atoms with Crippen molar-refractivity contribution in [3.63, 3.8) is 0 Å². The maximum atomic E-state index is 14.1. The first-order valence-electron chi connectivity index (χ1n) is 7.96. The van der Waals surface area contributed by atoms with Gasteiger partial charge >= 0.3 is 10.2 Å². The molecule has 0 atom stereocenters. The van der Waals surface area contributed by atoms with E-state index in [-0.39, 0.29) is 11.6 Å². The van der Waals surface area contributed by atoms with E-state index in [2.05, 4.69) is 6.92 Å². The number of likely N-dealkylation sites (tertiary alicyclic amines) is 1. The lowest BCUT2D eigenvalue weighted by Crippen LogP contribution is -2.48. The molecule has 1 aromatic carbocycles. The second kappa shape index (κ2) is 7.48. The Balaban J connectivity index is 2.27. The average molecular weight is 357 g/mol. The Labute approximate surface area is 143 Å². The van der Waals surface area contributed by atoms with Crippen LogP contribution in [0.2, 0.25) is 0 Å². The Hall–Kier alpha value is -1.67. The van der Waals surface area contributed by atoms with Gasteiger partial charge in [-0.15, -0.1) is 0 Å². The molecular weight excluding hydrogens is 333 g/mol. The predicted molar refractivity (Wildman–Crippen MR) is 91.3 cm³/mol. The summed E-state index contributed by atoms with van der Waals surface area (Å²) in [6, 6.07) is 5.57. The Morgan fingerprint density at radius 2 is 1.83 bits per heavy atom. The molecule has 1 amide bonds. The van der Waals surface area contributed by atoms with Gasteiger partial charge in [0, 0.05) is 27.2 Å². The highest BCUT2D eigenvalue weighted by atomic mass is 32.2. The summed E-state index contributed by atoms with van der Waals surface area (Å²) in [4.78, 5) is 14.2. The fourth-order valence-corrected chi connectivity index (χ4v) is 3.69. The number of anilines is 1. The topological polar surface area (TPSA) is 60.9 Å². The van der Waals surface area contributed by atoms with Gasteiger partial charge in [0.2, 0.25) is 5.91 Å². The molecule has 0 radical (unpaired) electrons. The van der Waals surface area contributed by atoms with E-state index in [1.165, 1.54) is 32.3 Å². The third kappa shape index (κ3) is 4.05. The van der Waals surface area contributed by atoms with Crippen molar-refractivity contribution in [3.05, 3.63) is 30.1 Å². The summed E-state index contributed by atoms with van der Waals surface area (Å²) in [6.07, 6.45) is 1.79. The molecule has 8 heteroatoms. The molecule has 1 aliphatic rings. The molecule has 1 saturated heterocycles. The van der Waals surface area contributed by atoms with E-state index in [0.29, 0.717) is 19.0 Å². The largest absolute Gasteiger partial charge is 0.341 e. The summed E-state index contributed by atoms with van der Waals surface area (Å²) in [5, 5.41) is 0. The van der Waals surface area contributed by atoms with E-state index in [1.54, 1.807) is 11.0 Å². The van der Waals surface area contributed by atoms with Crippen molar-refractivity contribution in [3.8, 4) is 0 Å². The summed E-state index contributed by atoms with van der Waals surface area (Å²) in [5.74, 6) is -0.430. The van der Waals surface area contributed by atoms with Gasteiger partial charge in [0.15, 0.2) is 0 Å². The molecule has 0 bridgehead atoms. The lowest BCUT2D eigenvalue weighted by Gasteiger charge is -2.33. The third-order valence-electron chi connectivity index (χ3n) is 4.28. The first-order valence-corrected chi connectivity index (χ1v) is 9.35. The molecule has 0 unspecified atom stereocenters. The van der Waals surface area contributed by atoms with E-state index in [9.17, 15) is 17.6 Å². The maximum Gasteiger partial charge on any atom is 0.304 e. The number of hydrogen-bond donors (Lipinski definition) is 0. The first kappa shape index (κ1) is 18.7. The molecule has 1 heterocycles. The van der Waals surface area contributed by atoms with Crippen LogP contribution in [-0.2, 0) is 15.0 Å². The number of para-hydroxylation sites is 1. The second-order valence-electron chi connectivity index (χ2n) is 6.31. The molecule has 0 N–H and O–H groups in total. The van der Waals surface area contributed by atoms with Gasteiger partial charge in [-0.3, -0.25) is 4.79 Å². The number of amides is 1. The van der Waals surface area contributed by atoms with Crippen LogP contribution in [0.3, 0.4) is 0 Å². The number of nitrogens with zero attached hydrogens (tertiary/aromatic N) is 3. The van der Waals surface area contributed by atoms with Gasteiger partial charge in [-0.1, -0.05) is 19.1 Å². The molecule has 1 aromatic rings. The normalized spacial score (nSPS) is 16.5. The highest BCUT2D eigenvalue weighted by Crippen LogP contribution is 2.24. The van der Waals surface area contributed by atoms with Crippen molar-refractivity contribution in [1.82, 2.24) is 9.21 Å². The number of halogens is 1. The molecule has 0 aliphatic carbocycles. The summed E-state index contributed by atoms with van der Waals surface area (Å²) >= 11 is 0. The molecule has 0 spiro atoms. The van der Waals surface area contributed by atoms with Crippen molar-refractivity contribution < 1.29 is 17.6 Å². The van der Waals surface area contributed by atoms with Crippen molar-refractivity contribution >= 4 is 21.8 Å². The Morgan fingerprint density at radius 3 is 2.38 bits per heavy atom. The lowest BCUT2D eigenvalue weighted by molar-refractivity contribution is -0.130. The third-order valence-corrected chi connectivity index (χ3v) is 6.08. The number of benzene rings is 1. The van der Waals surface area contributed by atoms with Crippen LogP contribution in [0.25, 0.3) is 0 Å². The fourth-order valence-electron chi connectivity index (χ4n) is 2.62. The zero-order valence-corrected chi connectivity index (χ0v) is 15.1. The van der Waals surface area contributed by atoms with Crippen molar-refractivity contribution in [2.24, 2.45) is 5.92 Å². The van der Waals surface area contributed by atoms with Gasteiger partial charge in [-0.25, -0.2) is 8.70 Å². The molecule has 134 valence electrons. The average Bonchev–Trinajstić information content (AvgIpc) is 2.53. The van der Waals surface area contributed by atoms with E-state index >= 15 is 0 Å². The number of carbonyl (C=O) groups excluding carboxylic acids is 1. The molecule has 6 nitrogen and oxygen atoms in total. The standard InChI is InChI=1S/C16H24FN3O3S/c1-13-8-10-19(11-9-13)16(21)12-20(24(22,23)18(2)3)15-7-5-4-6-14(15)17/h4-7,13H,8-12H2,1-3H3. The lowest BCUT2D eigenvalue weighted by atomic mass is 9.99. The van der Waals surface area contributed by atoms with Gasteiger partial charge in [0.1, 0.15) is 12.4 Å². The van der Waals surface area contributed by atoms with E-state index in [0.717, 1.165) is 21.5 Å². The molecule has 24 heavy (non-hydrogen) atoms. The second-order valence-corrected chi connectivity index (χ2v) is 8.38. The molecular formula is C16H24FN3O3S. The van der Waals surface area contributed by atoms with Crippen LogP contribution >= 0.6 is 0 Å². The number of rotatable bonds is 5. The number of piperidine rings is 1. The zero-order valence-electron chi connectivity index (χ0n) is 14.3. The Morgan fingerprint density at radius 1 is 1.25 bits per heavy atom. The van der Waals surface area contributed by atoms with Crippen molar-refractivity contribution in [2.75, 3.05) is 38.0 Å². The van der Waals surface area contributed by atoms with Crippen LogP contribution in [0, 0.1) is 11.7 Å². The first-order chi connectivity index (χ1) is 11.2. The van der Waals surface area contributed by atoms with Gasteiger partial charge in [-0.2, -0.15) is 12.7 Å². The maximum absolute atomic E-state index is 14.1. The summed E-state index contributed by atoms with van der Waals surface area (Å²) in [7, 11) is -1.27. The highest BCUT2D eigenvalue weighted by molar-refractivity contribution is 7.90. The quantitative estimate of drug-likeness (QED) is 0.806. The fraction of sp³-hybridized carbons (Fsp3) is 0.562. The van der Waals surface area contributed by atoms with Gasteiger partial charge in [0.05, 0.1) is 5.69 Å². The molecule has 1 aliphatic heterocycles. The van der Waals surface area contributed by atoms with Gasteiger partial charge < -0.3 is 4.90 Å². The molecule has 1 fully saturated rings. The van der Waals surface area contributed by atoms with Crippen LogP contribution in [0.5, 0.6) is 0 Å². The van der Waals surface area contributed by atoms with Crippen LogP contribution in [-0.4, -0.2) is 57.3 Å². The molecule has 2 rings (SSSR count). The minimum Gasteiger partial charge on any atom is -0.341 e. The molecule has 0 aromatic heterocycles. The highest BCUT2D eigenvalue weighted by Gasteiger charge is 2.31. The number of hydrogen-bond acceptors (Lipinski definition) is 3. The van der Waals surface area contributed by atoms with Crippen LogP contribution < -0.4 is 4.31 Å².